The molecular formula is C23H24F3N3O3S. The number of ether oxygens (including phenoxy) is 1. The van der Waals surface area contributed by atoms with E-state index < -0.39 is 17.7 Å². The van der Waals surface area contributed by atoms with Crippen LogP contribution in [0.3, 0.4) is 0 Å². The molecule has 0 bridgehead atoms. The Morgan fingerprint density at radius 1 is 1.30 bits per heavy atom. The van der Waals surface area contributed by atoms with Crippen molar-refractivity contribution in [2.45, 2.75) is 32.1 Å². The summed E-state index contributed by atoms with van der Waals surface area (Å²) >= 11 is 1.29. The van der Waals surface area contributed by atoms with Crippen LogP contribution < -0.4 is 9.64 Å². The molecule has 0 radical (unpaired) electrons. The van der Waals surface area contributed by atoms with E-state index in [1.54, 1.807) is 6.07 Å². The Balaban J connectivity index is 1.42. The minimum absolute atomic E-state index is 0.256. The molecule has 2 aromatic carbocycles. The number of alkyl halides is 3. The molecule has 33 heavy (non-hydrogen) atoms. The number of carbonyl (C=O) groups is 1. The summed E-state index contributed by atoms with van der Waals surface area (Å²) in [5.74, 6) is -0.493. The van der Waals surface area contributed by atoms with Crippen molar-refractivity contribution < 1.29 is 27.8 Å². The lowest BCUT2D eigenvalue weighted by molar-refractivity contribution is -0.139. The Morgan fingerprint density at radius 3 is 2.82 bits per heavy atom. The lowest BCUT2D eigenvalue weighted by Gasteiger charge is -2.25. The highest BCUT2D eigenvalue weighted by atomic mass is 32.1. The van der Waals surface area contributed by atoms with Crippen molar-refractivity contribution >= 4 is 32.7 Å². The third-order valence-electron chi connectivity index (χ3n) is 5.67. The van der Waals surface area contributed by atoms with E-state index in [1.165, 1.54) is 17.4 Å². The van der Waals surface area contributed by atoms with E-state index in [2.05, 4.69) is 14.8 Å². The quantitative estimate of drug-likeness (QED) is 0.525. The van der Waals surface area contributed by atoms with Crippen molar-refractivity contribution in [2.24, 2.45) is 0 Å². The summed E-state index contributed by atoms with van der Waals surface area (Å²) in [4.78, 5) is 19.7. The van der Waals surface area contributed by atoms with Gasteiger partial charge in [0.15, 0.2) is 11.7 Å². The number of anilines is 1. The van der Waals surface area contributed by atoms with Crippen LogP contribution in [-0.2, 0) is 17.5 Å². The number of carboxylic acid groups (broad SMARTS) is 1. The Kier molecular flexibility index (Phi) is 6.49. The first-order chi connectivity index (χ1) is 15.6. The summed E-state index contributed by atoms with van der Waals surface area (Å²) in [5, 5.41) is 9.56. The van der Waals surface area contributed by atoms with Crippen LogP contribution in [0.5, 0.6) is 5.75 Å². The van der Waals surface area contributed by atoms with E-state index >= 15 is 0 Å². The van der Waals surface area contributed by atoms with Crippen LogP contribution in [0.25, 0.3) is 10.2 Å². The molecule has 1 aliphatic rings. The minimum atomic E-state index is -4.37. The number of nitrogens with zero attached hydrogens (tertiary/aromatic N) is 3. The number of hydrogen-bond acceptors (Lipinski definition) is 6. The molecule has 4 rings (SSSR count). The highest BCUT2D eigenvalue weighted by Gasteiger charge is 2.32. The number of thiazole rings is 1. The molecule has 0 amide bonds. The Hall–Kier alpha value is -2.85. The van der Waals surface area contributed by atoms with Gasteiger partial charge in [-0.3, -0.25) is 4.90 Å². The van der Waals surface area contributed by atoms with E-state index in [9.17, 15) is 18.0 Å². The molecule has 0 spiro atoms. The molecule has 176 valence electrons. The maximum Gasteiger partial charge on any atom is 0.416 e. The van der Waals surface area contributed by atoms with Crippen molar-refractivity contribution in [1.29, 1.82) is 0 Å². The largest absolute Gasteiger partial charge is 0.482 e. The van der Waals surface area contributed by atoms with Gasteiger partial charge in [0.1, 0.15) is 5.75 Å². The van der Waals surface area contributed by atoms with Gasteiger partial charge in [-0.25, -0.2) is 9.78 Å². The third kappa shape index (κ3) is 5.56. The predicted octanol–water partition coefficient (Wildman–Crippen LogP) is 4.80. The van der Waals surface area contributed by atoms with Gasteiger partial charge in [0.25, 0.3) is 0 Å². The minimum Gasteiger partial charge on any atom is -0.482 e. The lowest BCUT2D eigenvalue weighted by Crippen LogP contribution is -2.34. The van der Waals surface area contributed by atoms with Crippen LogP contribution >= 0.6 is 11.3 Å². The molecule has 1 saturated heterocycles. The summed E-state index contributed by atoms with van der Waals surface area (Å²) < 4.78 is 44.9. The Labute approximate surface area is 193 Å². The average molecular weight is 480 g/mol. The van der Waals surface area contributed by atoms with E-state index in [0.717, 1.165) is 47.9 Å². The van der Waals surface area contributed by atoms with E-state index in [1.807, 2.05) is 26.1 Å². The maximum absolute atomic E-state index is 13.0. The summed E-state index contributed by atoms with van der Waals surface area (Å²) in [5.41, 5.74) is 1.93. The zero-order valence-electron chi connectivity index (χ0n) is 18.2. The van der Waals surface area contributed by atoms with Crippen molar-refractivity contribution in [3.8, 4) is 5.75 Å². The topological polar surface area (TPSA) is 65.9 Å². The van der Waals surface area contributed by atoms with Crippen LogP contribution in [0.15, 0.2) is 36.4 Å². The molecule has 1 aromatic heterocycles. The van der Waals surface area contributed by atoms with Gasteiger partial charge in [-0.05, 0) is 61.9 Å². The summed E-state index contributed by atoms with van der Waals surface area (Å²) in [6, 6.07) is 9.63. The summed E-state index contributed by atoms with van der Waals surface area (Å²) in [7, 11) is 2.03. The highest BCUT2D eigenvalue weighted by molar-refractivity contribution is 7.22. The maximum atomic E-state index is 13.0. The number of halogens is 3. The van der Waals surface area contributed by atoms with Crippen molar-refractivity contribution in [3.05, 3.63) is 53.1 Å². The summed E-state index contributed by atoms with van der Waals surface area (Å²) in [6.45, 7) is 3.73. The second kappa shape index (κ2) is 9.18. The molecular weight excluding hydrogens is 455 g/mol. The predicted molar refractivity (Wildman–Crippen MR) is 121 cm³/mol. The molecule has 1 N–H and O–H groups in total. The van der Waals surface area contributed by atoms with Gasteiger partial charge in [-0.15, -0.1) is 0 Å². The molecule has 2 heterocycles. The van der Waals surface area contributed by atoms with Crippen molar-refractivity contribution in [1.82, 2.24) is 9.88 Å². The van der Waals surface area contributed by atoms with Gasteiger partial charge < -0.3 is 14.7 Å². The normalized spacial score (nSPS) is 16.7. The van der Waals surface area contributed by atoms with Gasteiger partial charge in [-0.1, -0.05) is 17.4 Å². The third-order valence-corrected chi connectivity index (χ3v) is 6.75. The number of hydrogen-bond donors (Lipinski definition) is 1. The van der Waals surface area contributed by atoms with E-state index in [0.29, 0.717) is 22.5 Å². The van der Waals surface area contributed by atoms with Crippen LogP contribution in [0, 0.1) is 6.92 Å². The van der Waals surface area contributed by atoms with Gasteiger partial charge >= 0.3 is 12.1 Å². The first-order valence-corrected chi connectivity index (χ1v) is 11.3. The molecule has 0 saturated carbocycles. The number of aliphatic carboxylic acids is 1. The van der Waals surface area contributed by atoms with E-state index in [4.69, 9.17) is 9.84 Å². The van der Waals surface area contributed by atoms with Crippen LogP contribution in [0.4, 0.5) is 18.3 Å². The average Bonchev–Trinajstić information content (AvgIpc) is 3.37. The van der Waals surface area contributed by atoms with Crippen LogP contribution in [0.1, 0.15) is 23.1 Å². The molecule has 6 nitrogen and oxygen atoms in total. The fraction of sp³-hybridized carbons (Fsp3) is 0.391. The number of likely N-dealkylation sites (N-methyl/N-ethyl adjacent to an activating group) is 1. The number of fused-ring (bicyclic) bond motifs is 1. The van der Waals surface area contributed by atoms with Crippen LogP contribution in [-0.4, -0.2) is 53.7 Å². The molecule has 1 atom stereocenters. The van der Waals surface area contributed by atoms with Gasteiger partial charge in [0, 0.05) is 25.7 Å². The standard InChI is InChI=1S/C23H24F3N3O3S/c1-14-7-15(9-18(8-14)32-13-21(30)31)11-28(2)17-5-6-29(12-17)22-27-19-4-3-16(23(24,25)26)10-20(19)33-22/h3-4,7-10,17H,5-6,11-13H2,1-2H3,(H,30,31). The molecule has 1 unspecified atom stereocenters. The second-order valence-corrected chi connectivity index (χ2v) is 9.33. The van der Waals surface area contributed by atoms with Gasteiger partial charge in [0.05, 0.1) is 15.8 Å². The zero-order valence-corrected chi connectivity index (χ0v) is 19.0. The molecule has 10 heteroatoms. The first kappa shape index (κ1) is 23.3. The molecule has 3 aromatic rings. The second-order valence-electron chi connectivity index (χ2n) is 8.32. The highest BCUT2D eigenvalue weighted by Crippen LogP contribution is 2.36. The zero-order chi connectivity index (χ0) is 23.8. The summed E-state index contributed by atoms with van der Waals surface area (Å²) in [6.07, 6.45) is -3.46. The fourth-order valence-electron chi connectivity index (χ4n) is 4.06. The number of aromatic nitrogens is 1. The molecule has 0 aliphatic carbocycles. The number of rotatable bonds is 7. The van der Waals surface area contributed by atoms with Gasteiger partial charge in [0.2, 0.25) is 0 Å². The molecule has 1 fully saturated rings. The first-order valence-electron chi connectivity index (χ1n) is 10.5. The molecule has 1 aliphatic heterocycles. The van der Waals surface area contributed by atoms with Crippen molar-refractivity contribution in [3.63, 3.8) is 0 Å². The number of benzene rings is 2. The van der Waals surface area contributed by atoms with Crippen LogP contribution in [0.2, 0.25) is 0 Å². The smallest absolute Gasteiger partial charge is 0.416 e. The lowest BCUT2D eigenvalue weighted by atomic mass is 10.1. The monoisotopic (exact) mass is 479 g/mol. The van der Waals surface area contributed by atoms with E-state index in [-0.39, 0.29) is 12.6 Å². The SMILES string of the molecule is Cc1cc(CN(C)C2CCN(c3nc4ccc(C(F)(F)F)cc4s3)C2)cc(OCC(=O)O)c1. The van der Waals surface area contributed by atoms with Gasteiger partial charge in [-0.2, -0.15) is 13.2 Å². The number of aryl methyl sites for hydroxylation is 1. The fourth-order valence-corrected chi connectivity index (χ4v) is 5.10. The Bertz CT molecular complexity index is 1160. The van der Waals surface area contributed by atoms with Crippen molar-refractivity contribution in [2.75, 3.05) is 31.6 Å². The number of carboxylic acids is 1. The Morgan fingerprint density at radius 2 is 2.09 bits per heavy atom.